The zero-order chi connectivity index (χ0) is 20.8. The molecule has 0 aromatic carbocycles. The van der Waals surface area contributed by atoms with Gasteiger partial charge in [0.05, 0.1) is 19.3 Å². The fourth-order valence-corrected chi connectivity index (χ4v) is 4.32. The highest BCUT2D eigenvalue weighted by Gasteiger charge is 2.56. The van der Waals surface area contributed by atoms with E-state index in [-0.39, 0.29) is 13.2 Å². The minimum Gasteiger partial charge on any atom is -0.385 e. The zero-order valence-corrected chi connectivity index (χ0v) is 16.7. The molecule has 10 atom stereocenters. The van der Waals surface area contributed by atoms with Crippen LogP contribution >= 0.6 is 0 Å². The van der Waals surface area contributed by atoms with Crippen molar-refractivity contribution in [2.75, 3.05) is 27.4 Å². The number of ether oxygens (including phenoxy) is 8. The molecule has 4 heterocycles. The average Bonchev–Trinajstić information content (AvgIpc) is 3.12. The molecule has 4 aliphatic heterocycles. The van der Waals surface area contributed by atoms with E-state index in [2.05, 4.69) is 10.0 Å². The van der Waals surface area contributed by atoms with Crippen LogP contribution in [0.15, 0.2) is 5.11 Å². The van der Waals surface area contributed by atoms with Gasteiger partial charge in [-0.3, -0.25) is 0 Å². The smallest absolute Gasteiger partial charge is 0.187 e. The molecule has 0 aromatic heterocycles. The van der Waals surface area contributed by atoms with Gasteiger partial charge in [-0.05, 0) is 19.4 Å². The van der Waals surface area contributed by atoms with Crippen LogP contribution in [0.4, 0.5) is 0 Å². The number of rotatable bonds is 5. The van der Waals surface area contributed by atoms with Crippen molar-refractivity contribution < 1.29 is 43.0 Å². The van der Waals surface area contributed by atoms with Gasteiger partial charge in [-0.15, -0.1) is 0 Å². The first kappa shape index (κ1) is 21.2. The summed E-state index contributed by atoms with van der Waals surface area (Å²) in [6.45, 7) is 4.09. The van der Waals surface area contributed by atoms with E-state index in [4.69, 9.17) is 43.4 Å². The molecule has 4 unspecified atom stereocenters. The second-order valence-electron chi connectivity index (χ2n) is 7.90. The Kier molecular flexibility index (Phi) is 6.02. The lowest BCUT2D eigenvalue weighted by molar-refractivity contribution is -0.393. The molecule has 0 spiro atoms. The molecular weight excluding hydrogens is 390 g/mol. The van der Waals surface area contributed by atoms with Gasteiger partial charge in [-0.25, -0.2) is 0 Å². The number of aliphatic hydroxyl groups is 1. The highest BCUT2D eigenvalue weighted by molar-refractivity contribution is 5.01. The lowest BCUT2D eigenvalue weighted by Crippen LogP contribution is -2.66. The third-order valence-corrected chi connectivity index (χ3v) is 5.69. The van der Waals surface area contributed by atoms with Crippen LogP contribution in [0.1, 0.15) is 13.8 Å². The molecule has 12 nitrogen and oxygen atoms in total. The molecule has 0 amide bonds. The Bertz CT molecular complexity index is 646. The van der Waals surface area contributed by atoms with E-state index >= 15 is 0 Å². The van der Waals surface area contributed by atoms with Gasteiger partial charge in [0, 0.05) is 19.1 Å². The topological polar surface area (TPSA) is 143 Å². The summed E-state index contributed by atoms with van der Waals surface area (Å²) in [6.07, 6.45) is -6.36. The normalized spacial score (nSPS) is 48.6. The molecular formula is C17H27N3O9. The quantitative estimate of drug-likeness (QED) is 0.373. The summed E-state index contributed by atoms with van der Waals surface area (Å²) in [7, 11) is 2.98. The minimum absolute atomic E-state index is 0.246. The second kappa shape index (κ2) is 8.23. The summed E-state index contributed by atoms with van der Waals surface area (Å²) in [5.74, 6) is -0.814. The Morgan fingerprint density at radius 1 is 1.07 bits per heavy atom. The van der Waals surface area contributed by atoms with Crippen molar-refractivity contribution in [2.24, 2.45) is 5.11 Å². The van der Waals surface area contributed by atoms with E-state index in [1.54, 1.807) is 13.8 Å². The maximum Gasteiger partial charge on any atom is 0.187 e. The van der Waals surface area contributed by atoms with E-state index < -0.39 is 67.1 Å². The molecule has 4 saturated heterocycles. The first-order valence-electron chi connectivity index (χ1n) is 9.56. The van der Waals surface area contributed by atoms with Crippen LogP contribution in [0, 0.1) is 0 Å². The predicted molar refractivity (Wildman–Crippen MR) is 93.6 cm³/mol. The largest absolute Gasteiger partial charge is 0.385 e. The van der Waals surface area contributed by atoms with Crippen molar-refractivity contribution >= 4 is 0 Å². The van der Waals surface area contributed by atoms with Crippen molar-refractivity contribution in [3.8, 4) is 0 Å². The van der Waals surface area contributed by atoms with E-state index in [0.717, 1.165) is 0 Å². The molecule has 1 N–H and O–H groups in total. The van der Waals surface area contributed by atoms with Gasteiger partial charge in [0.2, 0.25) is 0 Å². The van der Waals surface area contributed by atoms with Crippen molar-refractivity contribution in [1.82, 2.24) is 0 Å². The maximum absolute atomic E-state index is 10.9. The maximum atomic E-state index is 10.9. The van der Waals surface area contributed by atoms with Gasteiger partial charge in [0.25, 0.3) is 0 Å². The fraction of sp³-hybridized carbons (Fsp3) is 1.00. The van der Waals surface area contributed by atoms with E-state index in [1.807, 2.05) is 0 Å². The molecule has 4 fully saturated rings. The van der Waals surface area contributed by atoms with Crippen LogP contribution in [0.25, 0.3) is 10.4 Å². The van der Waals surface area contributed by atoms with Crippen LogP contribution in [-0.4, -0.2) is 99.7 Å². The Balaban J connectivity index is 1.53. The number of aliphatic hydroxyl groups excluding tert-OH is 1. The van der Waals surface area contributed by atoms with E-state index in [1.165, 1.54) is 14.2 Å². The van der Waals surface area contributed by atoms with Gasteiger partial charge < -0.3 is 43.0 Å². The van der Waals surface area contributed by atoms with Crippen molar-refractivity contribution in [3.05, 3.63) is 10.4 Å². The lowest BCUT2D eigenvalue weighted by atomic mass is 9.96. The van der Waals surface area contributed by atoms with Crippen LogP contribution in [0.5, 0.6) is 0 Å². The highest BCUT2D eigenvalue weighted by Crippen LogP contribution is 2.38. The standard InChI is InChI=1S/C17H27N3O9/c1-17(2)25-6-8-12(29-17)14(23-4)10(21)16(27-8)28-11-7-5-24-15(26-7)9(19-20-18)13(11)22-3/h7-16,21H,5-6H2,1-4H3/t7?,8?,9?,10?,11-,12-,13+,14+,15-,16+/m1/s1. The Labute approximate surface area is 167 Å². The molecule has 164 valence electrons. The average molecular weight is 417 g/mol. The summed E-state index contributed by atoms with van der Waals surface area (Å²) in [5, 5.41) is 14.6. The van der Waals surface area contributed by atoms with E-state index in [9.17, 15) is 5.11 Å². The summed E-state index contributed by atoms with van der Waals surface area (Å²) >= 11 is 0. The highest BCUT2D eigenvalue weighted by atomic mass is 16.8. The third-order valence-electron chi connectivity index (χ3n) is 5.69. The lowest BCUT2D eigenvalue weighted by Gasteiger charge is -2.50. The molecule has 0 aromatic rings. The number of hydrogen-bond acceptors (Lipinski definition) is 10. The fourth-order valence-electron chi connectivity index (χ4n) is 4.32. The molecule has 4 rings (SSSR count). The summed E-state index contributed by atoms with van der Waals surface area (Å²) < 4.78 is 46.1. The summed E-state index contributed by atoms with van der Waals surface area (Å²) in [5.41, 5.74) is 8.89. The number of nitrogens with zero attached hydrogens (tertiary/aromatic N) is 3. The number of methoxy groups -OCH3 is 2. The van der Waals surface area contributed by atoms with Gasteiger partial charge in [-0.2, -0.15) is 0 Å². The Morgan fingerprint density at radius 2 is 1.83 bits per heavy atom. The van der Waals surface area contributed by atoms with Crippen molar-refractivity contribution in [2.45, 2.75) is 81.0 Å². The Hall–Kier alpha value is -1.05. The van der Waals surface area contributed by atoms with Gasteiger partial charge >= 0.3 is 0 Å². The number of hydrogen-bond donors (Lipinski definition) is 1. The molecule has 0 radical (unpaired) electrons. The predicted octanol–water partition coefficient (Wildman–Crippen LogP) is 0.0729. The SMILES string of the molecule is CO[C@H]1C(O)[C@H](O[C@@H]2C3CO[C@H](O3)C(N=[N+]=[N-])[C@@H]2OC)OC2COC(C)(C)O[C@H]21. The van der Waals surface area contributed by atoms with Crippen LogP contribution in [0.2, 0.25) is 0 Å². The molecule has 2 bridgehead atoms. The van der Waals surface area contributed by atoms with Crippen LogP contribution < -0.4 is 0 Å². The first-order valence-corrected chi connectivity index (χ1v) is 9.56. The molecule has 4 aliphatic rings. The molecule has 0 aliphatic carbocycles. The van der Waals surface area contributed by atoms with Gasteiger partial charge in [0.1, 0.15) is 42.7 Å². The van der Waals surface area contributed by atoms with Crippen LogP contribution in [0.3, 0.4) is 0 Å². The molecule has 0 saturated carbocycles. The molecule has 29 heavy (non-hydrogen) atoms. The summed E-state index contributed by atoms with van der Waals surface area (Å²) in [4.78, 5) is 2.86. The van der Waals surface area contributed by atoms with Gasteiger partial charge in [-0.1, -0.05) is 5.11 Å². The second-order valence-corrected chi connectivity index (χ2v) is 7.90. The van der Waals surface area contributed by atoms with E-state index in [0.29, 0.717) is 0 Å². The zero-order valence-electron chi connectivity index (χ0n) is 16.7. The van der Waals surface area contributed by atoms with Crippen LogP contribution in [-0.2, 0) is 37.9 Å². The first-order chi connectivity index (χ1) is 13.9. The molecule has 12 heteroatoms. The Morgan fingerprint density at radius 3 is 2.52 bits per heavy atom. The third kappa shape index (κ3) is 3.86. The minimum atomic E-state index is -1.13. The monoisotopic (exact) mass is 417 g/mol. The van der Waals surface area contributed by atoms with Crippen molar-refractivity contribution in [1.29, 1.82) is 0 Å². The van der Waals surface area contributed by atoms with Crippen molar-refractivity contribution in [3.63, 3.8) is 0 Å². The summed E-state index contributed by atoms with van der Waals surface area (Å²) in [6, 6.07) is -0.734. The number of azide groups is 1. The van der Waals surface area contributed by atoms with Gasteiger partial charge in [0.15, 0.2) is 18.4 Å². The number of fused-ring (bicyclic) bond motifs is 3.